The molecule has 0 radical (unpaired) electrons. The molecule has 3 fully saturated rings. The fourth-order valence-electron chi connectivity index (χ4n) is 4.94. The first-order chi connectivity index (χ1) is 13.6. The molecule has 3 saturated heterocycles. The van der Waals surface area contributed by atoms with Gasteiger partial charge in [0, 0.05) is 13.1 Å². The van der Waals surface area contributed by atoms with Crippen LogP contribution in [0.25, 0.3) is 0 Å². The molecule has 3 heterocycles. The predicted molar refractivity (Wildman–Crippen MR) is 105 cm³/mol. The first-order valence-corrected chi connectivity index (χ1v) is 9.72. The minimum absolute atomic E-state index is 0.101. The predicted octanol–water partition coefficient (Wildman–Crippen LogP) is 2.54. The molecule has 6 nitrogen and oxygen atoms in total. The lowest BCUT2D eigenvalue weighted by Crippen LogP contribution is -2.44. The van der Waals surface area contributed by atoms with Crippen LogP contribution in [0.5, 0.6) is 5.75 Å². The standard InChI is InChI=1S/C22H23N3O3/c1-14-5-3-6-16(13-14)25-21(26)18-19(15-7-9-17(28-2)10-8-15)23-11-4-12-24(23)20(18)22(25)27/h3,5-10,13,18-20H,4,11-12H2,1-2H3/t18-,19+,20-/m1/s1. The average molecular weight is 377 g/mol. The van der Waals surface area contributed by atoms with Gasteiger partial charge in [-0.05, 0) is 48.7 Å². The van der Waals surface area contributed by atoms with Crippen molar-refractivity contribution in [2.24, 2.45) is 5.92 Å². The Kier molecular flexibility index (Phi) is 4.00. The van der Waals surface area contributed by atoms with Crippen LogP contribution in [0, 0.1) is 12.8 Å². The molecule has 3 aliphatic rings. The molecular formula is C22H23N3O3. The summed E-state index contributed by atoms with van der Waals surface area (Å²) in [4.78, 5) is 28.2. The quantitative estimate of drug-likeness (QED) is 0.770. The molecule has 2 aromatic rings. The van der Waals surface area contributed by atoms with E-state index >= 15 is 0 Å². The number of hydrogen-bond acceptors (Lipinski definition) is 5. The first kappa shape index (κ1) is 17.4. The molecule has 28 heavy (non-hydrogen) atoms. The van der Waals surface area contributed by atoms with E-state index in [2.05, 4.69) is 10.0 Å². The Hall–Kier alpha value is -2.70. The highest BCUT2D eigenvalue weighted by atomic mass is 16.5. The third-order valence-electron chi connectivity index (χ3n) is 6.12. The molecule has 0 aliphatic carbocycles. The monoisotopic (exact) mass is 377 g/mol. The summed E-state index contributed by atoms with van der Waals surface area (Å²) < 4.78 is 5.28. The zero-order valence-corrected chi connectivity index (χ0v) is 16.0. The van der Waals surface area contributed by atoms with Gasteiger partial charge in [-0.2, -0.15) is 0 Å². The molecule has 6 heteroatoms. The molecule has 5 rings (SSSR count). The summed E-state index contributed by atoms with van der Waals surface area (Å²) in [6, 6.07) is 14.9. The van der Waals surface area contributed by atoms with Crippen molar-refractivity contribution < 1.29 is 14.3 Å². The zero-order chi connectivity index (χ0) is 19.4. The number of benzene rings is 2. The van der Waals surface area contributed by atoms with Crippen LogP contribution >= 0.6 is 0 Å². The summed E-state index contributed by atoms with van der Waals surface area (Å²) >= 11 is 0. The van der Waals surface area contributed by atoms with E-state index in [0.717, 1.165) is 36.4 Å². The summed E-state index contributed by atoms with van der Waals surface area (Å²) in [5.41, 5.74) is 2.75. The van der Waals surface area contributed by atoms with Gasteiger partial charge in [-0.3, -0.25) is 9.59 Å². The van der Waals surface area contributed by atoms with Crippen molar-refractivity contribution >= 4 is 17.5 Å². The molecule has 0 aromatic heterocycles. The number of hydrogen-bond donors (Lipinski definition) is 0. The maximum atomic E-state index is 13.5. The van der Waals surface area contributed by atoms with Gasteiger partial charge in [0.25, 0.3) is 5.91 Å². The Morgan fingerprint density at radius 3 is 2.32 bits per heavy atom. The lowest BCUT2D eigenvalue weighted by atomic mass is 9.90. The van der Waals surface area contributed by atoms with Gasteiger partial charge in [0.2, 0.25) is 5.91 Å². The number of hydrazine groups is 1. The number of fused-ring (bicyclic) bond motifs is 3. The van der Waals surface area contributed by atoms with E-state index < -0.39 is 6.04 Å². The van der Waals surface area contributed by atoms with Crippen LogP contribution in [0.1, 0.15) is 23.6 Å². The largest absolute Gasteiger partial charge is 0.497 e. The van der Waals surface area contributed by atoms with Crippen LogP contribution in [0.15, 0.2) is 48.5 Å². The highest BCUT2D eigenvalue weighted by molar-refractivity contribution is 6.24. The number of ether oxygens (including phenoxy) is 1. The number of amides is 2. The maximum Gasteiger partial charge on any atom is 0.253 e. The molecule has 0 spiro atoms. The number of imide groups is 1. The minimum atomic E-state index is -0.414. The van der Waals surface area contributed by atoms with Crippen LogP contribution in [0.4, 0.5) is 5.69 Å². The molecule has 0 bridgehead atoms. The van der Waals surface area contributed by atoms with E-state index in [-0.39, 0.29) is 23.8 Å². The Balaban J connectivity index is 1.56. The third-order valence-corrected chi connectivity index (χ3v) is 6.12. The van der Waals surface area contributed by atoms with Gasteiger partial charge in [0.1, 0.15) is 11.8 Å². The number of methoxy groups -OCH3 is 1. The summed E-state index contributed by atoms with van der Waals surface area (Å²) in [5, 5.41) is 4.34. The van der Waals surface area contributed by atoms with Crippen LogP contribution < -0.4 is 9.64 Å². The third kappa shape index (κ3) is 2.41. The average Bonchev–Trinajstić information content (AvgIpc) is 3.34. The van der Waals surface area contributed by atoms with Crippen molar-refractivity contribution in [2.45, 2.75) is 25.4 Å². The van der Waals surface area contributed by atoms with Gasteiger partial charge in [-0.25, -0.2) is 14.9 Å². The van der Waals surface area contributed by atoms with Crippen molar-refractivity contribution in [2.75, 3.05) is 25.1 Å². The Bertz CT molecular complexity index is 942. The lowest BCUT2D eigenvalue weighted by molar-refractivity contribution is -0.126. The van der Waals surface area contributed by atoms with Gasteiger partial charge in [-0.1, -0.05) is 24.3 Å². The van der Waals surface area contributed by atoms with Crippen LogP contribution in [0.3, 0.4) is 0 Å². The van der Waals surface area contributed by atoms with Gasteiger partial charge in [-0.15, -0.1) is 0 Å². The van der Waals surface area contributed by atoms with Crippen molar-refractivity contribution in [1.29, 1.82) is 0 Å². The second-order valence-corrected chi connectivity index (χ2v) is 7.72. The highest BCUT2D eigenvalue weighted by Gasteiger charge is 2.62. The van der Waals surface area contributed by atoms with Gasteiger partial charge < -0.3 is 4.74 Å². The Morgan fingerprint density at radius 2 is 1.64 bits per heavy atom. The molecular weight excluding hydrogens is 354 g/mol. The molecule has 3 atom stereocenters. The van der Waals surface area contributed by atoms with Gasteiger partial charge >= 0.3 is 0 Å². The van der Waals surface area contributed by atoms with E-state index in [0.29, 0.717) is 5.69 Å². The number of rotatable bonds is 3. The summed E-state index contributed by atoms with van der Waals surface area (Å²) in [7, 11) is 1.64. The number of carbonyl (C=O) groups is 2. The summed E-state index contributed by atoms with van der Waals surface area (Å²) in [6.45, 7) is 3.65. The smallest absolute Gasteiger partial charge is 0.253 e. The topological polar surface area (TPSA) is 53.1 Å². The molecule has 0 N–H and O–H groups in total. The molecule has 2 aromatic carbocycles. The number of carbonyl (C=O) groups excluding carboxylic acids is 2. The van der Waals surface area contributed by atoms with E-state index in [9.17, 15) is 9.59 Å². The van der Waals surface area contributed by atoms with Gasteiger partial charge in [0.15, 0.2) is 0 Å². The van der Waals surface area contributed by atoms with E-state index in [1.165, 1.54) is 4.90 Å². The van der Waals surface area contributed by atoms with Crippen molar-refractivity contribution in [3.8, 4) is 5.75 Å². The van der Waals surface area contributed by atoms with E-state index in [1.807, 2.05) is 55.5 Å². The first-order valence-electron chi connectivity index (χ1n) is 9.72. The summed E-state index contributed by atoms with van der Waals surface area (Å²) in [6.07, 6.45) is 1.00. The number of nitrogens with zero attached hydrogens (tertiary/aromatic N) is 3. The highest BCUT2D eigenvalue weighted by Crippen LogP contribution is 2.49. The van der Waals surface area contributed by atoms with E-state index in [4.69, 9.17) is 4.74 Å². The molecule has 2 amide bonds. The normalized spacial score (nSPS) is 27.4. The van der Waals surface area contributed by atoms with E-state index in [1.54, 1.807) is 7.11 Å². The Morgan fingerprint density at radius 1 is 0.929 bits per heavy atom. The minimum Gasteiger partial charge on any atom is -0.497 e. The lowest BCUT2D eigenvalue weighted by Gasteiger charge is -2.29. The van der Waals surface area contributed by atoms with Crippen molar-refractivity contribution in [3.05, 3.63) is 59.7 Å². The molecule has 144 valence electrons. The van der Waals surface area contributed by atoms with Crippen molar-refractivity contribution in [3.63, 3.8) is 0 Å². The van der Waals surface area contributed by atoms with Crippen LogP contribution in [-0.4, -0.2) is 48.1 Å². The fourth-order valence-corrected chi connectivity index (χ4v) is 4.94. The van der Waals surface area contributed by atoms with Gasteiger partial charge in [0.05, 0.1) is 24.8 Å². The number of anilines is 1. The van der Waals surface area contributed by atoms with Crippen LogP contribution in [0.2, 0.25) is 0 Å². The maximum absolute atomic E-state index is 13.5. The van der Waals surface area contributed by atoms with Crippen LogP contribution in [-0.2, 0) is 9.59 Å². The Labute approximate surface area is 164 Å². The van der Waals surface area contributed by atoms with Crippen molar-refractivity contribution in [1.82, 2.24) is 10.0 Å². The SMILES string of the molecule is COc1ccc([C@H]2[C@H]3C(=O)N(c4cccc(C)c4)C(=O)[C@@H]3N3CCCN23)cc1. The molecule has 0 unspecified atom stereocenters. The summed E-state index contributed by atoms with van der Waals surface area (Å²) in [5.74, 6) is 0.188. The second kappa shape index (κ2) is 6.43. The second-order valence-electron chi connectivity index (χ2n) is 7.72. The fraction of sp³-hybridized carbons (Fsp3) is 0.364. The molecule has 0 saturated carbocycles. The molecule has 3 aliphatic heterocycles. The number of aryl methyl sites for hydroxylation is 1. The zero-order valence-electron chi connectivity index (χ0n) is 16.0.